The van der Waals surface area contributed by atoms with Gasteiger partial charge >= 0.3 is 24.8 Å². The van der Waals surface area contributed by atoms with Crippen molar-refractivity contribution in [2.75, 3.05) is 0 Å². The van der Waals surface area contributed by atoms with Crippen LogP contribution in [0.2, 0.25) is 0 Å². The van der Waals surface area contributed by atoms with Gasteiger partial charge in [-0.3, -0.25) is 12.2 Å². The van der Waals surface area contributed by atoms with E-state index >= 15 is 0 Å². The van der Waals surface area contributed by atoms with E-state index in [9.17, 15) is 0 Å². The summed E-state index contributed by atoms with van der Waals surface area (Å²) in [4.78, 5) is 3.25. The van der Waals surface area contributed by atoms with Crippen LogP contribution in [0.5, 0.6) is 0 Å². The average Bonchev–Trinajstić information content (AvgIpc) is 2.80. The summed E-state index contributed by atoms with van der Waals surface area (Å²) in [5.41, 5.74) is 5.44. The molecule has 16 heavy (non-hydrogen) atoms. The fourth-order valence-corrected chi connectivity index (χ4v) is 1.50. The average molecular weight is 248 g/mol. The molecule has 0 saturated carbocycles. The molecular weight excluding hydrogens is 228 g/mol. The Morgan fingerprint density at radius 2 is 1.19 bits per heavy atom. The molecule has 2 aliphatic carbocycles. The molecule has 1 heteroatoms. The predicted octanol–water partition coefficient (Wildman–Crippen LogP) is 4.14. The molecule has 0 heterocycles. The van der Waals surface area contributed by atoms with Gasteiger partial charge in [0.15, 0.2) is 0 Å². The van der Waals surface area contributed by atoms with Gasteiger partial charge in [0.2, 0.25) is 0 Å². The zero-order valence-corrected chi connectivity index (χ0v) is 12.3. The molecule has 0 fully saturated rings. The molecular formula is C15H20Ti. The Morgan fingerprint density at radius 1 is 0.875 bits per heavy atom. The number of rotatable bonds is 0. The van der Waals surface area contributed by atoms with Crippen LogP contribution in [0, 0.1) is 12.2 Å². The van der Waals surface area contributed by atoms with Gasteiger partial charge in [0.05, 0.1) is 0 Å². The van der Waals surface area contributed by atoms with Crippen LogP contribution >= 0.6 is 0 Å². The number of allylic oxidation sites excluding steroid dienone is 8. The van der Waals surface area contributed by atoms with Crippen molar-refractivity contribution >= 4 is 4.82 Å². The van der Waals surface area contributed by atoms with Crippen molar-refractivity contribution in [3.8, 4) is 0 Å². The van der Waals surface area contributed by atoms with Gasteiger partial charge in [0.25, 0.3) is 0 Å². The first-order chi connectivity index (χ1) is 7.58. The van der Waals surface area contributed by atoms with E-state index in [1.165, 1.54) is 22.3 Å². The molecule has 0 unspecified atom stereocenters. The summed E-state index contributed by atoms with van der Waals surface area (Å²) in [7, 11) is 0. The van der Waals surface area contributed by atoms with Crippen molar-refractivity contribution in [2.24, 2.45) is 0 Å². The monoisotopic (exact) mass is 248 g/mol. The minimum atomic E-state index is 1.05. The maximum absolute atomic E-state index is 3.25. The second-order valence-corrected chi connectivity index (χ2v) is 4.05. The zero-order valence-electron chi connectivity index (χ0n) is 10.8. The van der Waals surface area contributed by atoms with Crippen molar-refractivity contribution in [1.29, 1.82) is 0 Å². The Balaban J connectivity index is 0.000000244. The van der Waals surface area contributed by atoms with Gasteiger partial charge in [-0.25, -0.2) is 23.3 Å². The Kier molecular flexibility index (Phi) is 8.42. The second-order valence-electron chi connectivity index (χ2n) is 4.05. The molecule has 0 aliphatic heterocycles. The molecule has 0 aromatic heterocycles. The SMILES string of the molecule is CC1=[C-]CC(C)=C1.CC1=[C-]CC(C)=C1.[CH2]=[Ti+2]. The van der Waals surface area contributed by atoms with Crippen molar-refractivity contribution < 1.29 is 20.0 Å². The van der Waals surface area contributed by atoms with E-state index in [2.05, 4.69) is 56.8 Å². The van der Waals surface area contributed by atoms with Crippen LogP contribution < -0.4 is 0 Å². The third-order valence-corrected chi connectivity index (χ3v) is 2.22. The Hall–Kier alpha value is -0.456. The summed E-state index contributed by atoms with van der Waals surface area (Å²) in [6, 6.07) is 0. The van der Waals surface area contributed by atoms with Crippen molar-refractivity contribution in [1.82, 2.24) is 0 Å². The summed E-state index contributed by atoms with van der Waals surface area (Å²) in [6.07, 6.45) is 12.8. The first kappa shape index (κ1) is 15.5. The maximum atomic E-state index is 3.25. The van der Waals surface area contributed by atoms with Gasteiger partial charge in [0.1, 0.15) is 0 Å². The molecule has 0 amide bonds. The number of hydrogen-bond acceptors (Lipinski definition) is 0. The van der Waals surface area contributed by atoms with Gasteiger partial charge in [-0.05, 0) is 0 Å². The molecule has 2 aliphatic rings. The molecule has 0 saturated heterocycles. The van der Waals surface area contributed by atoms with Gasteiger partial charge in [-0.15, -0.1) is 12.8 Å². The molecule has 0 aromatic carbocycles. The summed E-state index contributed by atoms with van der Waals surface area (Å²) in [5, 5.41) is 0. The van der Waals surface area contributed by atoms with E-state index in [1.54, 1.807) is 20.0 Å². The standard InChI is InChI=1S/2C7H9.CH2.Ti/c2*1-6-3-4-7(2)5-6;;/h2*5H,3H2,1-2H3;1H2;/q2*-1;;+2. The molecule has 0 aromatic rings. The quantitative estimate of drug-likeness (QED) is 0.446. The van der Waals surface area contributed by atoms with E-state index < -0.39 is 0 Å². The van der Waals surface area contributed by atoms with Crippen molar-refractivity contribution in [2.45, 2.75) is 40.5 Å². The van der Waals surface area contributed by atoms with Crippen LogP contribution in [0.1, 0.15) is 40.5 Å². The van der Waals surface area contributed by atoms with E-state index in [1.807, 2.05) is 0 Å². The van der Waals surface area contributed by atoms with Gasteiger partial charge < -0.3 is 0 Å². The Bertz CT molecular complexity index is 306. The van der Waals surface area contributed by atoms with E-state index in [0.29, 0.717) is 0 Å². The van der Waals surface area contributed by atoms with Gasteiger partial charge in [-0.2, -0.15) is 11.1 Å². The third-order valence-electron chi connectivity index (χ3n) is 2.22. The van der Waals surface area contributed by atoms with Gasteiger partial charge in [-0.1, -0.05) is 27.7 Å². The molecule has 2 rings (SSSR count). The van der Waals surface area contributed by atoms with Crippen molar-refractivity contribution in [3.05, 3.63) is 46.6 Å². The molecule has 0 nitrogen and oxygen atoms in total. The Morgan fingerprint density at radius 3 is 1.25 bits per heavy atom. The predicted molar refractivity (Wildman–Crippen MR) is 68.7 cm³/mol. The molecule has 0 atom stereocenters. The molecule has 84 valence electrons. The van der Waals surface area contributed by atoms with Crippen LogP contribution in [-0.4, -0.2) is 4.82 Å². The fourth-order valence-electron chi connectivity index (χ4n) is 1.50. The van der Waals surface area contributed by atoms with Gasteiger partial charge in [0, 0.05) is 0 Å². The normalized spacial score (nSPS) is 17.1. The first-order valence-corrected chi connectivity index (χ1v) is 6.53. The minimum absolute atomic E-state index is 1.05. The third kappa shape index (κ3) is 6.92. The zero-order chi connectivity index (χ0) is 12.6. The summed E-state index contributed by atoms with van der Waals surface area (Å²) >= 11 is 1.75. The molecule has 0 spiro atoms. The topological polar surface area (TPSA) is 0 Å². The molecule has 0 N–H and O–H groups in total. The fraction of sp³-hybridized carbons (Fsp3) is 0.400. The van der Waals surface area contributed by atoms with E-state index in [0.717, 1.165) is 12.8 Å². The van der Waals surface area contributed by atoms with Crippen LogP contribution in [0.15, 0.2) is 34.4 Å². The molecule has 0 radical (unpaired) electrons. The molecule has 0 bridgehead atoms. The van der Waals surface area contributed by atoms with E-state index in [-0.39, 0.29) is 0 Å². The van der Waals surface area contributed by atoms with E-state index in [4.69, 9.17) is 0 Å². The summed E-state index contributed by atoms with van der Waals surface area (Å²) < 4.78 is 0. The second kappa shape index (κ2) is 8.67. The van der Waals surface area contributed by atoms with Crippen LogP contribution in [0.4, 0.5) is 0 Å². The summed E-state index contributed by atoms with van der Waals surface area (Å²) in [6.45, 7) is 8.42. The van der Waals surface area contributed by atoms with Crippen LogP contribution in [-0.2, 0) is 20.0 Å². The summed E-state index contributed by atoms with van der Waals surface area (Å²) in [5.74, 6) is 0. The van der Waals surface area contributed by atoms with Crippen molar-refractivity contribution in [3.63, 3.8) is 0 Å². The number of hydrogen-bond donors (Lipinski definition) is 0. The van der Waals surface area contributed by atoms with Crippen LogP contribution in [0.3, 0.4) is 0 Å². The first-order valence-electron chi connectivity index (χ1n) is 5.42. The van der Waals surface area contributed by atoms with Crippen LogP contribution in [0.25, 0.3) is 0 Å². The Labute approximate surface area is 112 Å².